The molecule has 0 bridgehead atoms. The number of ether oxygens (including phenoxy) is 3. The van der Waals surface area contributed by atoms with Gasteiger partial charge in [0.25, 0.3) is 0 Å². The fraction of sp³-hybridized carbons (Fsp3) is 0.621. The van der Waals surface area contributed by atoms with E-state index in [2.05, 4.69) is 21.3 Å². The van der Waals surface area contributed by atoms with Crippen LogP contribution in [0.1, 0.15) is 53.5 Å². The summed E-state index contributed by atoms with van der Waals surface area (Å²) in [6, 6.07) is 5.16. The summed E-state index contributed by atoms with van der Waals surface area (Å²) in [5.41, 5.74) is 0.705. The van der Waals surface area contributed by atoms with Gasteiger partial charge in [-0.3, -0.25) is 24.0 Å². The molecule has 13 heteroatoms. The van der Waals surface area contributed by atoms with Crippen molar-refractivity contribution in [1.29, 1.82) is 0 Å². The molecule has 12 nitrogen and oxygen atoms in total. The van der Waals surface area contributed by atoms with Gasteiger partial charge < -0.3 is 35.5 Å². The van der Waals surface area contributed by atoms with Crippen LogP contribution in [0.15, 0.2) is 24.3 Å². The molecule has 0 heterocycles. The fourth-order valence-electron chi connectivity index (χ4n) is 3.25. The van der Waals surface area contributed by atoms with Crippen LogP contribution >= 0.6 is 22.6 Å². The fourth-order valence-corrected chi connectivity index (χ4v) is 3.52. The SMILES string of the molecule is CC(C)[C@H](NC(=O)CCOCCOCCNC(=O)CI)C(=O)N[C@@H](C)C(=O)Nc1ccc(COC(=O)C(C)(C)C)cc1. The summed E-state index contributed by atoms with van der Waals surface area (Å²) >= 11 is 1.98. The van der Waals surface area contributed by atoms with Crippen molar-refractivity contribution in [2.24, 2.45) is 11.3 Å². The second kappa shape index (κ2) is 19.4. The number of halogens is 1. The Morgan fingerprint density at radius 3 is 2.02 bits per heavy atom. The van der Waals surface area contributed by atoms with E-state index in [1.54, 1.807) is 65.8 Å². The van der Waals surface area contributed by atoms with E-state index in [0.717, 1.165) is 5.56 Å². The number of carbonyl (C=O) groups is 5. The number of anilines is 1. The highest BCUT2D eigenvalue weighted by molar-refractivity contribution is 14.1. The maximum absolute atomic E-state index is 12.9. The number of hydrogen-bond acceptors (Lipinski definition) is 8. The number of alkyl halides is 1. The van der Waals surface area contributed by atoms with E-state index in [9.17, 15) is 24.0 Å². The van der Waals surface area contributed by atoms with Gasteiger partial charge in [-0.1, -0.05) is 48.6 Å². The molecular weight excluding hydrogens is 659 g/mol. The second-order valence-electron chi connectivity index (χ2n) is 11.0. The number of benzene rings is 1. The Morgan fingerprint density at radius 2 is 1.45 bits per heavy atom. The van der Waals surface area contributed by atoms with Gasteiger partial charge in [0.15, 0.2) is 0 Å². The minimum Gasteiger partial charge on any atom is -0.460 e. The van der Waals surface area contributed by atoms with Crippen LogP contribution in [0.25, 0.3) is 0 Å². The Labute approximate surface area is 261 Å². The van der Waals surface area contributed by atoms with E-state index in [-0.39, 0.29) is 43.3 Å². The smallest absolute Gasteiger partial charge is 0.311 e. The third-order valence-corrected chi connectivity index (χ3v) is 6.45. The second-order valence-corrected chi connectivity index (χ2v) is 11.8. The van der Waals surface area contributed by atoms with Gasteiger partial charge in [0.05, 0.1) is 36.3 Å². The number of nitrogens with one attached hydrogen (secondary N) is 4. The van der Waals surface area contributed by atoms with Crippen molar-refractivity contribution in [2.75, 3.05) is 42.7 Å². The molecule has 0 aliphatic heterocycles. The van der Waals surface area contributed by atoms with Crippen LogP contribution in [0.5, 0.6) is 0 Å². The molecule has 0 spiro atoms. The van der Waals surface area contributed by atoms with Crippen molar-refractivity contribution in [3.8, 4) is 0 Å². The molecule has 0 aliphatic rings. The topological polar surface area (TPSA) is 161 Å². The van der Waals surface area contributed by atoms with Gasteiger partial charge in [0.1, 0.15) is 18.7 Å². The van der Waals surface area contributed by atoms with Gasteiger partial charge in [0, 0.05) is 18.7 Å². The monoisotopic (exact) mass is 704 g/mol. The summed E-state index contributed by atoms with van der Waals surface area (Å²) in [6.07, 6.45) is 0.0592. The molecule has 0 saturated heterocycles. The Morgan fingerprint density at radius 1 is 0.833 bits per heavy atom. The lowest BCUT2D eigenvalue weighted by Crippen LogP contribution is -2.53. The third-order valence-electron chi connectivity index (χ3n) is 5.76. The summed E-state index contributed by atoms with van der Waals surface area (Å²) in [5, 5.41) is 10.8. The highest BCUT2D eigenvalue weighted by Gasteiger charge is 2.27. The molecule has 0 unspecified atom stereocenters. The standard InChI is InChI=1S/C29H45IN4O8/c1-19(2)25(34-23(35)11-13-40-15-16-41-14-12-31-24(36)17-30)27(38)32-20(3)26(37)33-22-9-7-21(8-10-22)18-42-28(39)29(4,5)6/h7-10,19-20,25H,11-18H2,1-6H3,(H,31,36)(H,32,38)(H,33,37)(H,34,35)/t20-,25-/m0/s1. The molecule has 42 heavy (non-hydrogen) atoms. The minimum atomic E-state index is -0.860. The van der Waals surface area contributed by atoms with Gasteiger partial charge >= 0.3 is 5.97 Å². The lowest BCUT2D eigenvalue weighted by atomic mass is 9.97. The van der Waals surface area contributed by atoms with Gasteiger partial charge in [-0.05, 0) is 51.3 Å². The molecule has 0 radical (unpaired) electrons. The number of carbonyl (C=O) groups excluding carboxylic acids is 5. The zero-order valence-electron chi connectivity index (χ0n) is 25.3. The van der Waals surface area contributed by atoms with Gasteiger partial charge in [-0.15, -0.1) is 0 Å². The van der Waals surface area contributed by atoms with E-state index in [0.29, 0.717) is 36.5 Å². The first kappa shape index (κ1) is 37.2. The van der Waals surface area contributed by atoms with Crippen LogP contribution in [0.4, 0.5) is 5.69 Å². The average molecular weight is 705 g/mol. The molecule has 0 fully saturated rings. The normalized spacial score (nSPS) is 12.7. The van der Waals surface area contributed by atoms with E-state index >= 15 is 0 Å². The first-order valence-electron chi connectivity index (χ1n) is 13.9. The highest BCUT2D eigenvalue weighted by atomic mass is 127. The van der Waals surface area contributed by atoms with Crippen molar-refractivity contribution in [1.82, 2.24) is 16.0 Å². The molecule has 1 aromatic carbocycles. The number of esters is 1. The summed E-state index contributed by atoms with van der Waals surface area (Å²) in [7, 11) is 0. The molecule has 4 N–H and O–H groups in total. The summed E-state index contributed by atoms with van der Waals surface area (Å²) in [6.45, 7) is 12.2. The van der Waals surface area contributed by atoms with Crippen LogP contribution in [-0.4, -0.2) is 79.1 Å². The zero-order valence-corrected chi connectivity index (χ0v) is 27.5. The lowest BCUT2D eigenvalue weighted by molar-refractivity contribution is -0.154. The van der Waals surface area contributed by atoms with Crippen LogP contribution < -0.4 is 21.3 Å². The maximum atomic E-state index is 12.9. The number of hydrogen-bond donors (Lipinski definition) is 4. The van der Waals surface area contributed by atoms with Crippen LogP contribution in [0, 0.1) is 11.3 Å². The summed E-state index contributed by atoms with van der Waals surface area (Å²) in [5.74, 6) is -1.81. The average Bonchev–Trinajstić information content (AvgIpc) is 2.93. The predicted molar refractivity (Wildman–Crippen MR) is 167 cm³/mol. The highest BCUT2D eigenvalue weighted by Crippen LogP contribution is 2.17. The first-order valence-corrected chi connectivity index (χ1v) is 15.4. The molecule has 1 aromatic rings. The van der Waals surface area contributed by atoms with E-state index in [1.807, 2.05) is 22.6 Å². The Bertz CT molecular complexity index is 1030. The van der Waals surface area contributed by atoms with Crippen LogP contribution in [0.2, 0.25) is 0 Å². The molecule has 2 atom stereocenters. The van der Waals surface area contributed by atoms with Gasteiger partial charge in [-0.2, -0.15) is 0 Å². The van der Waals surface area contributed by atoms with Crippen LogP contribution in [-0.2, 0) is 44.8 Å². The predicted octanol–water partition coefficient (Wildman–Crippen LogP) is 2.33. The number of rotatable bonds is 18. The quantitative estimate of drug-likeness (QED) is 0.0785. The number of amides is 4. The van der Waals surface area contributed by atoms with Crippen molar-refractivity contribution in [3.05, 3.63) is 29.8 Å². The zero-order chi connectivity index (χ0) is 31.7. The lowest BCUT2D eigenvalue weighted by Gasteiger charge is -2.24. The van der Waals surface area contributed by atoms with Gasteiger partial charge in [-0.25, -0.2) is 0 Å². The Balaban J connectivity index is 2.41. The third kappa shape index (κ3) is 15.4. The van der Waals surface area contributed by atoms with Crippen LogP contribution in [0.3, 0.4) is 0 Å². The van der Waals surface area contributed by atoms with Crippen molar-refractivity contribution in [3.63, 3.8) is 0 Å². The first-order chi connectivity index (χ1) is 19.7. The largest absolute Gasteiger partial charge is 0.460 e. The summed E-state index contributed by atoms with van der Waals surface area (Å²) in [4.78, 5) is 61.0. The maximum Gasteiger partial charge on any atom is 0.311 e. The minimum absolute atomic E-state index is 0.0481. The Kier molecular flexibility index (Phi) is 17.2. The molecule has 0 aliphatic carbocycles. The van der Waals surface area contributed by atoms with E-state index in [1.165, 1.54) is 0 Å². The molecule has 4 amide bonds. The van der Waals surface area contributed by atoms with E-state index in [4.69, 9.17) is 14.2 Å². The van der Waals surface area contributed by atoms with E-state index < -0.39 is 29.3 Å². The van der Waals surface area contributed by atoms with Gasteiger partial charge in [0.2, 0.25) is 23.6 Å². The Hall–Kier alpha value is -2.78. The molecule has 1 rings (SSSR count). The van der Waals surface area contributed by atoms with Crippen molar-refractivity contribution >= 4 is 57.9 Å². The van der Waals surface area contributed by atoms with Crippen molar-refractivity contribution in [2.45, 2.75) is 66.7 Å². The molecule has 0 aromatic heterocycles. The van der Waals surface area contributed by atoms with Crippen molar-refractivity contribution < 1.29 is 38.2 Å². The molecule has 236 valence electrons. The summed E-state index contributed by atoms with van der Waals surface area (Å²) < 4.78 is 16.4. The molecular formula is C29H45IN4O8. The molecule has 0 saturated carbocycles.